The lowest BCUT2D eigenvalue weighted by Crippen LogP contribution is -2.35. The molecular weight excluding hydrogens is 468 g/mol. The second-order valence-corrected chi connectivity index (χ2v) is 10.3. The summed E-state index contributed by atoms with van der Waals surface area (Å²) in [5, 5.41) is 2.97. The first-order valence-electron chi connectivity index (χ1n) is 9.99. The summed E-state index contributed by atoms with van der Waals surface area (Å²) in [6, 6.07) is 10.1. The predicted molar refractivity (Wildman–Crippen MR) is 120 cm³/mol. The van der Waals surface area contributed by atoms with Gasteiger partial charge in [0.2, 0.25) is 10.0 Å². The molecule has 0 aliphatic carbocycles. The summed E-state index contributed by atoms with van der Waals surface area (Å²) in [5.41, 5.74) is 2.01. The SMILES string of the molecule is COc1ccc(C(C)NC(=O)c2cc(S(=O)(=O)N3CCCCC3)ccc2C)cc1Br. The van der Waals surface area contributed by atoms with E-state index in [2.05, 4.69) is 21.2 Å². The molecule has 8 heteroatoms. The lowest BCUT2D eigenvalue weighted by atomic mass is 10.1. The molecule has 30 heavy (non-hydrogen) atoms. The number of nitrogens with zero attached hydrogens (tertiary/aromatic N) is 1. The molecule has 0 aromatic heterocycles. The topological polar surface area (TPSA) is 75.7 Å². The van der Waals surface area contributed by atoms with Crippen molar-refractivity contribution < 1.29 is 17.9 Å². The second-order valence-electron chi connectivity index (χ2n) is 7.53. The molecular formula is C22H27BrN2O4S. The molecule has 2 aromatic rings. The van der Waals surface area contributed by atoms with Gasteiger partial charge in [-0.1, -0.05) is 18.6 Å². The van der Waals surface area contributed by atoms with Crippen molar-refractivity contribution in [2.45, 2.75) is 44.0 Å². The monoisotopic (exact) mass is 494 g/mol. The van der Waals surface area contributed by atoms with Crippen LogP contribution in [0.2, 0.25) is 0 Å². The minimum absolute atomic E-state index is 0.167. The van der Waals surface area contributed by atoms with Gasteiger partial charge in [0, 0.05) is 18.7 Å². The van der Waals surface area contributed by atoms with Crippen molar-refractivity contribution in [1.82, 2.24) is 9.62 Å². The molecule has 1 heterocycles. The largest absolute Gasteiger partial charge is 0.496 e. The van der Waals surface area contributed by atoms with Crippen LogP contribution in [-0.4, -0.2) is 38.8 Å². The predicted octanol–water partition coefficient (Wildman–Crippen LogP) is 4.43. The summed E-state index contributed by atoms with van der Waals surface area (Å²) in [5.74, 6) is 0.409. The van der Waals surface area contributed by atoms with Crippen LogP contribution in [0.1, 0.15) is 53.7 Å². The van der Waals surface area contributed by atoms with Crippen LogP contribution < -0.4 is 10.1 Å². The molecule has 1 saturated heterocycles. The maximum atomic E-state index is 13.0. The molecule has 1 amide bonds. The number of amides is 1. The standard InChI is InChI=1S/C22H27BrN2O4S/c1-15-7-9-18(30(27,28)25-11-5-4-6-12-25)14-19(15)22(26)24-16(2)17-8-10-21(29-3)20(23)13-17/h7-10,13-14,16H,4-6,11-12H2,1-3H3,(H,24,26). The lowest BCUT2D eigenvalue weighted by molar-refractivity contribution is 0.0939. The normalized spacial score (nSPS) is 16.1. The number of carbonyl (C=O) groups excluding carboxylic acids is 1. The molecule has 0 saturated carbocycles. The first-order chi connectivity index (χ1) is 14.2. The summed E-state index contributed by atoms with van der Waals surface area (Å²) in [7, 11) is -2.00. The van der Waals surface area contributed by atoms with E-state index in [9.17, 15) is 13.2 Å². The molecule has 1 fully saturated rings. The van der Waals surface area contributed by atoms with Crippen LogP contribution in [0.3, 0.4) is 0 Å². The van der Waals surface area contributed by atoms with Crippen LogP contribution >= 0.6 is 15.9 Å². The van der Waals surface area contributed by atoms with Gasteiger partial charge in [-0.2, -0.15) is 4.31 Å². The fourth-order valence-electron chi connectivity index (χ4n) is 3.57. The van der Waals surface area contributed by atoms with E-state index in [1.54, 1.807) is 26.2 Å². The maximum Gasteiger partial charge on any atom is 0.252 e. The molecule has 1 aliphatic rings. The molecule has 0 radical (unpaired) electrons. The summed E-state index contributed by atoms with van der Waals surface area (Å²) in [6.07, 6.45) is 2.79. The number of methoxy groups -OCH3 is 1. The number of carbonyl (C=O) groups is 1. The van der Waals surface area contributed by atoms with Crippen molar-refractivity contribution >= 4 is 31.9 Å². The van der Waals surface area contributed by atoms with Gasteiger partial charge in [-0.05, 0) is 78.0 Å². The Hall–Kier alpha value is -1.90. The van der Waals surface area contributed by atoms with Crippen LogP contribution in [0, 0.1) is 6.92 Å². The van der Waals surface area contributed by atoms with Crippen molar-refractivity contribution in [3.63, 3.8) is 0 Å². The Morgan fingerprint density at radius 1 is 1.13 bits per heavy atom. The van der Waals surface area contributed by atoms with Gasteiger partial charge in [0.1, 0.15) is 5.75 Å². The third-order valence-corrected chi connectivity index (χ3v) is 7.94. The van der Waals surface area contributed by atoms with Gasteiger partial charge in [0.25, 0.3) is 5.91 Å². The van der Waals surface area contributed by atoms with E-state index < -0.39 is 10.0 Å². The summed E-state index contributed by atoms with van der Waals surface area (Å²) in [6.45, 7) is 4.75. The Morgan fingerprint density at radius 2 is 1.83 bits per heavy atom. The van der Waals surface area contributed by atoms with Crippen LogP contribution in [0.15, 0.2) is 45.8 Å². The molecule has 0 bridgehead atoms. The van der Waals surface area contributed by atoms with Gasteiger partial charge in [-0.3, -0.25) is 4.79 Å². The van der Waals surface area contributed by atoms with E-state index in [0.29, 0.717) is 24.4 Å². The van der Waals surface area contributed by atoms with Gasteiger partial charge < -0.3 is 10.1 Å². The Labute approximate surface area is 186 Å². The average Bonchev–Trinajstić information content (AvgIpc) is 2.74. The van der Waals surface area contributed by atoms with E-state index in [-0.39, 0.29) is 16.8 Å². The maximum absolute atomic E-state index is 13.0. The van der Waals surface area contributed by atoms with Gasteiger partial charge >= 0.3 is 0 Å². The Kier molecular flexibility index (Phi) is 7.21. The van der Waals surface area contributed by atoms with Crippen molar-refractivity contribution in [2.24, 2.45) is 0 Å². The molecule has 1 aliphatic heterocycles. The highest BCUT2D eigenvalue weighted by Crippen LogP contribution is 2.28. The van der Waals surface area contributed by atoms with Crippen molar-refractivity contribution in [3.05, 3.63) is 57.6 Å². The van der Waals surface area contributed by atoms with E-state index in [1.165, 1.54) is 10.4 Å². The minimum atomic E-state index is -3.60. The average molecular weight is 495 g/mol. The van der Waals surface area contributed by atoms with Crippen molar-refractivity contribution in [1.29, 1.82) is 0 Å². The van der Waals surface area contributed by atoms with E-state index >= 15 is 0 Å². The minimum Gasteiger partial charge on any atom is -0.496 e. The highest BCUT2D eigenvalue weighted by atomic mass is 79.9. The van der Waals surface area contributed by atoms with Gasteiger partial charge in [-0.25, -0.2) is 8.42 Å². The number of sulfonamides is 1. The molecule has 6 nitrogen and oxygen atoms in total. The molecule has 1 atom stereocenters. The van der Waals surface area contributed by atoms with Crippen LogP contribution in [0.5, 0.6) is 5.75 Å². The Morgan fingerprint density at radius 3 is 2.47 bits per heavy atom. The summed E-state index contributed by atoms with van der Waals surface area (Å²) in [4.78, 5) is 13.1. The van der Waals surface area contributed by atoms with Crippen LogP contribution in [0.25, 0.3) is 0 Å². The van der Waals surface area contributed by atoms with Gasteiger partial charge in [0.05, 0.1) is 22.5 Å². The zero-order valence-electron chi connectivity index (χ0n) is 17.4. The number of ether oxygens (including phenoxy) is 1. The number of hydrogen-bond acceptors (Lipinski definition) is 4. The Balaban J connectivity index is 1.82. The fourth-order valence-corrected chi connectivity index (χ4v) is 5.67. The van der Waals surface area contributed by atoms with Gasteiger partial charge in [-0.15, -0.1) is 0 Å². The van der Waals surface area contributed by atoms with E-state index in [4.69, 9.17) is 4.74 Å². The number of benzene rings is 2. The number of halogens is 1. The molecule has 1 N–H and O–H groups in total. The fraction of sp³-hybridized carbons (Fsp3) is 0.409. The molecule has 162 valence electrons. The van der Waals surface area contributed by atoms with Crippen molar-refractivity contribution in [2.75, 3.05) is 20.2 Å². The first kappa shape index (κ1) is 22.8. The second kappa shape index (κ2) is 9.49. The summed E-state index contributed by atoms with van der Waals surface area (Å²) >= 11 is 3.46. The first-order valence-corrected chi connectivity index (χ1v) is 12.2. The number of hydrogen-bond donors (Lipinski definition) is 1. The van der Waals surface area contributed by atoms with Crippen LogP contribution in [0.4, 0.5) is 0 Å². The molecule has 0 spiro atoms. The quantitative estimate of drug-likeness (QED) is 0.644. The molecule has 3 rings (SSSR count). The van der Waals surface area contributed by atoms with E-state index in [0.717, 1.165) is 34.9 Å². The summed E-state index contributed by atoms with van der Waals surface area (Å²) < 4.78 is 33.5. The highest BCUT2D eigenvalue weighted by molar-refractivity contribution is 9.10. The number of aryl methyl sites for hydroxylation is 1. The zero-order chi connectivity index (χ0) is 21.9. The number of rotatable bonds is 6. The molecule has 2 aromatic carbocycles. The third-order valence-electron chi connectivity index (χ3n) is 5.43. The number of piperidine rings is 1. The smallest absolute Gasteiger partial charge is 0.252 e. The Bertz CT molecular complexity index is 1030. The van der Waals surface area contributed by atoms with Crippen molar-refractivity contribution in [3.8, 4) is 5.75 Å². The molecule has 1 unspecified atom stereocenters. The highest BCUT2D eigenvalue weighted by Gasteiger charge is 2.27. The third kappa shape index (κ3) is 4.87. The van der Waals surface area contributed by atoms with Crippen LogP contribution in [-0.2, 0) is 10.0 Å². The van der Waals surface area contributed by atoms with Gasteiger partial charge in [0.15, 0.2) is 0 Å². The lowest BCUT2D eigenvalue weighted by Gasteiger charge is -2.26. The zero-order valence-corrected chi connectivity index (χ0v) is 19.8. The van der Waals surface area contributed by atoms with E-state index in [1.807, 2.05) is 25.1 Å². The number of nitrogens with one attached hydrogen (secondary N) is 1.